The smallest absolute Gasteiger partial charge is 0.338 e. The molecule has 3 rings (SSSR count). The van der Waals surface area contributed by atoms with Crippen LogP contribution in [0.2, 0.25) is 0 Å². The number of hydrogen-bond donors (Lipinski definition) is 1. The van der Waals surface area contributed by atoms with Gasteiger partial charge in [0, 0.05) is 11.6 Å². The van der Waals surface area contributed by atoms with E-state index in [4.69, 9.17) is 0 Å². The van der Waals surface area contributed by atoms with E-state index in [0.717, 1.165) is 16.5 Å². The van der Waals surface area contributed by atoms with Crippen molar-refractivity contribution in [3.8, 4) is 11.4 Å². The van der Waals surface area contributed by atoms with Crippen molar-refractivity contribution in [1.29, 1.82) is 0 Å². The summed E-state index contributed by atoms with van der Waals surface area (Å²) in [5.41, 5.74) is 2.96. The average molecular weight is 264 g/mol. The number of benzene rings is 1. The van der Waals surface area contributed by atoms with E-state index in [-0.39, 0.29) is 5.56 Å². The molecule has 4 nitrogen and oxygen atoms in total. The zero-order chi connectivity index (χ0) is 14.1. The van der Waals surface area contributed by atoms with Crippen molar-refractivity contribution < 1.29 is 9.90 Å². The minimum Gasteiger partial charge on any atom is -0.478 e. The fourth-order valence-corrected chi connectivity index (χ4v) is 2.16. The van der Waals surface area contributed by atoms with E-state index in [1.807, 2.05) is 31.2 Å². The lowest BCUT2D eigenvalue weighted by Gasteiger charge is -2.07. The molecule has 0 spiro atoms. The topological polar surface area (TPSA) is 63.1 Å². The molecular weight excluding hydrogens is 252 g/mol. The van der Waals surface area contributed by atoms with Crippen LogP contribution in [0.25, 0.3) is 22.3 Å². The number of fused-ring (bicyclic) bond motifs is 1. The van der Waals surface area contributed by atoms with Crippen LogP contribution in [0, 0.1) is 6.92 Å². The van der Waals surface area contributed by atoms with Gasteiger partial charge in [-0.25, -0.2) is 9.78 Å². The van der Waals surface area contributed by atoms with Crippen molar-refractivity contribution in [2.24, 2.45) is 0 Å². The van der Waals surface area contributed by atoms with E-state index in [9.17, 15) is 9.90 Å². The lowest BCUT2D eigenvalue weighted by molar-refractivity contribution is 0.0697. The Morgan fingerprint density at radius 1 is 1.15 bits per heavy atom. The summed E-state index contributed by atoms with van der Waals surface area (Å²) in [5.74, 6) is -0.999. The lowest BCUT2D eigenvalue weighted by Crippen LogP contribution is -2.03. The van der Waals surface area contributed by atoms with E-state index < -0.39 is 5.97 Å². The molecule has 2 aromatic heterocycles. The summed E-state index contributed by atoms with van der Waals surface area (Å²) in [5, 5.41) is 10.2. The van der Waals surface area contributed by atoms with Gasteiger partial charge in [-0.15, -0.1) is 0 Å². The van der Waals surface area contributed by atoms with Gasteiger partial charge < -0.3 is 5.11 Å². The van der Waals surface area contributed by atoms with Gasteiger partial charge >= 0.3 is 5.97 Å². The molecule has 0 fully saturated rings. The fourth-order valence-electron chi connectivity index (χ4n) is 2.16. The minimum atomic E-state index is -0.999. The van der Waals surface area contributed by atoms with E-state index >= 15 is 0 Å². The molecule has 20 heavy (non-hydrogen) atoms. The Bertz CT molecular complexity index is 798. The second kappa shape index (κ2) is 4.74. The van der Waals surface area contributed by atoms with Crippen molar-refractivity contribution in [2.45, 2.75) is 6.92 Å². The van der Waals surface area contributed by atoms with Gasteiger partial charge in [0.2, 0.25) is 0 Å². The first-order valence-corrected chi connectivity index (χ1v) is 6.21. The number of carbonyl (C=O) groups is 1. The SMILES string of the molecule is Cc1ccc2nc(-c3ccccn3)c(C(=O)O)cc2c1. The van der Waals surface area contributed by atoms with Crippen LogP contribution in [-0.2, 0) is 0 Å². The number of aromatic nitrogens is 2. The molecule has 0 saturated heterocycles. The van der Waals surface area contributed by atoms with E-state index in [2.05, 4.69) is 9.97 Å². The molecule has 0 aliphatic heterocycles. The van der Waals surface area contributed by atoms with Crippen LogP contribution in [0.15, 0.2) is 48.7 Å². The highest BCUT2D eigenvalue weighted by atomic mass is 16.4. The molecule has 1 aromatic carbocycles. The summed E-state index contributed by atoms with van der Waals surface area (Å²) >= 11 is 0. The van der Waals surface area contributed by atoms with Crippen molar-refractivity contribution in [2.75, 3.05) is 0 Å². The maximum atomic E-state index is 11.5. The predicted molar refractivity (Wildman–Crippen MR) is 76.7 cm³/mol. The van der Waals surface area contributed by atoms with Gasteiger partial charge in [0.25, 0.3) is 0 Å². The number of hydrogen-bond acceptors (Lipinski definition) is 3. The molecule has 1 N–H and O–H groups in total. The zero-order valence-electron chi connectivity index (χ0n) is 10.9. The van der Waals surface area contributed by atoms with E-state index in [1.54, 1.807) is 24.4 Å². The second-order valence-electron chi connectivity index (χ2n) is 4.60. The third-order valence-corrected chi connectivity index (χ3v) is 3.11. The fraction of sp³-hybridized carbons (Fsp3) is 0.0625. The Morgan fingerprint density at radius 3 is 2.70 bits per heavy atom. The van der Waals surface area contributed by atoms with Gasteiger partial charge in [-0.05, 0) is 37.3 Å². The molecule has 0 unspecified atom stereocenters. The first-order valence-electron chi connectivity index (χ1n) is 6.21. The summed E-state index contributed by atoms with van der Waals surface area (Å²) in [7, 11) is 0. The van der Waals surface area contributed by atoms with Crippen molar-refractivity contribution in [3.63, 3.8) is 0 Å². The Balaban J connectivity index is 2.32. The number of nitrogens with zero attached hydrogens (tertiary/aromatic N) is 2. The highest BCUT2D eigenvalue weighted by molar-refractivity contribution is 5.99. The summed E-state index contributed by atoms with van der Waals surface area (Å²) in [6.45, 7) is 1.96. The molecule has 0 amide bonds. The molecule has 0 atom stereocenters. The average Bonchev–Trinajstić information content (AvgIpc) is 2.46. The maximum absolute atomic E-state index is 11.5. The van der Waals surface area contributed by atoms with Crippen LogP contribution in [-0.4, -0.2) is 21.0 Å². The summed E-state index contributed by atoms with van der Waals surface area (Å²) in [6.07, 6.45) is 1.63. The molecule has 2 heterocycles. The molecule has 4 heteroatoms. The Kier molecular flexibility index (Phi) is 2.91. The van der Waals surface area contributed by atoms with Crippen LogP contribution in [0.5, 0.6) is 0 Å². The highest BCUT2D eigenvalue weighted by Gasteiger charge is 2.15. The molecule has 0 radical (unpaired) electrons. The van der Waals surface area contributed by atoms with Crippen LogP contribution >= 0.6 is 0 Å². The Morgan fingerprint density at radius 2 is 2.00 bits per heavy atom. The highest BCUT2D eigenvalue weighted by Crippen LogP contribution is 2.24. The molecular formula is C16H12N2O2. The maximum Gasteiger partial charge on any atom is 0.338 e. The third kappa shape index (κ3) is 2.12. The van der Waals surface area contributed by atoms with Gasteiger partial charge in [0.05, 0.1) is 16.8 Å². The minimum absolute atomic E-state index is 0.168. The van der Waals surface area contributed by atoms with Gasteiger partial charge in [-0.1, -0.05) is 17.7 Å². The summed E-state index contributed by atoms with van der Waals surface area (Å²) in [6, 6.07) is 12.8. The summed E-state index contributed by atoms with van der Waals surface area (Å²) in [4.78, 5) is 20.1. The van der Waals surface area contributed by atoms with Gasteiger partial charge in [-0.2, -0.15) is 0 Å². The molecule has 0 aliphatic carbocycles. The van der Waals surface area contributed by atoms with Crippen LogP contribution in [0.1, 0.15) is 15.9 Å². The standard InChI is InChI=1S/C16H12N2O2/c1-10-5-6-13-11(8-10)9-12(16(19)20)15(18-13)14-4-2-3-7-17-14/h2-9H,1H3,(H,19,20). The number of rotatable bonds is 2. The quantitative estimate of drug-likeness (QED) is 0.771. The third-order valence-electron chi connectivity index (χ3n) is 3.11. The van der Waals surface area contributed by atoms with Gasteiger partial charge in [0.15, 0.2) is 0 Å². The number of aromatic carboxylic acids is 1. The Hall–Kier alpha value is -2.75. The monoisotopic (exact) mass is 264 g/mol. The molecule has 3 aromatic rings. The van der Waals surface area contributed by atoms with Crippen molar-refractivity contribution >= 4 is 16.9 Å². The number of carboxylic acid groups (broad SMARTS) is 1. The number of carboxylic acids is 1. The first-order chi connectivity index (χ1) is 9.65. The Labute approximate surface area is 115 Å². The molecule has 0 aliphatic rings. The van der Waals surface area contributed by atoms with Crippen molar-refractivity contribution in [1.82, 2.24) is 9.97 Å². The van der Waals surface area contributed by atoms with E-state index in [1.165, 1.54) is 0 Å². The first kappa shape index (κ1) is 12.3. The summed E-state index contributed by atoms with van der Waals surface area (Å²) < 4.78 is 0. The predicted octanol–water partition coefficient (Wildman–Crippen LogP) is 3.30. The second-order valence-corrected chi connectivity index (χ2v) is 4.60. The zero-order valence-corrected chi connectivity index (χ0v) is 10.9. The largest absolute Gasteiger partial charge is 0.478 e. The van der Waals surface area contributed by atoms with Gasteiger partial charge in [0.1, 0.15) is 5.69 Å². The molecule has 98 valence electrons. The molecule has 0 saturated carbocycles. The van der Waals surface area contributed by atoms with Crippen LogP contribution in [0.4, 0.5) is 0 Å². The molecule has 0 bridgehead atoms. The normalized spacial score (nSPS) is 10.7. The van der Waals surface area contributed by atoms with E-state index in [0.29, 0.717) is 11.4 Å². The lowest BCUT2D eigenvalue weighted by atomic mass is 10.1. The number of pyridine rings is 2. The van der Waals surface area contributed by atoms with Crippen LogP contribution in [0.3, 0.4) is 0 Å². The van der Waals surface area contributed by atoms with Crippen LogP contribution < -0.4 is 0 Å². The number of aryl methyl sites for hydroxylation is 1. The van der Waals surface area contributed by atoms with Gasteiger partial charge in [-0.3, -0.25) is 4.98 Å². The van der Waals surface area contributed by atoms with Crippen molar-refractivity contribution in [3.05, 3.63) is 59.8 Å².